The van der Waals surface area contributed by atoms with Crippen molar-refractivity contribution in [3.05, 3.63) is 65.9 Å². The van der Waals surface area contributed by atoms with Gasteiger partial charge in [0.25, 0.3) is 0 Å². The van der Waals surface area contributed by atoms with Gasteiger partial charge in [-0.1, -0.05) is 12.1 Å². The molecule has 154 valence electrons. The van der Waals surface area contributed by atoms with Gasteiger partial charge in [-0.15, -0.1) is 11.3 Å². The quantitative estimate of drug-likeness (QED) is 0.435. The van der Waals surface area contributed by atoms with Crippen LogP contribution in [0.3, 0.4) is 0 Å². The molecule has 31 heavy (non-hydrogen) atoms. The number of anilines is 1. The summed E-state index contributed by atoms with van der Waals surface area (Å²) in [6, 6.07) is 9.52. The van der Waals surface area contributed by atoms with Crippen LogP contribution >= 0.6 is 11.3 Å². The predicted octanol–water partition coefficient (Wildman–Crippen LogP) is 4.63. The number of nitrogen functional groups attached to an aromatic ring is 1. The molecule has 4 aromatic heterocycles. The Morgan fingerprint density at radius 1 is 1.10 bits per heavy atom. The summed E-state index contributed by atoms with van der Waals surface area (Å²) in [7, 11) is 0. The maximum atomic E-state index is 15.8. The first-order valence-corrected chi connectivity index (χ1v) is 10.9. The third-order valence-electron chi connectivity index (χ3n) is 5.98. The van der Waals surface area contributed by atoms with Crippen molar-refractivity contribution in [1.82, 2.24) is 19.4 Å². The van der Waals surface area contributed by atoms with Gasteiger partial charge in [0, 0.05) is 45.9 Å². The summed E-state index contributed by atoms with van der Waals surface area (Å²) in [5, 5.41) is 12.5. The van der Waals surface area contributed by atoms with Gasteiger partial charge in [-0.05, 0) is 36.4 Å². The molecular weight excluding hydrogens is 413 g/mol. The summed E-state index contributed by atoms with van der Waals surface area (Å²) in [5.74, 6) is 0.726. The van der Waals surface area contributed by atoms with Crippen LogP contribution in [0, 0.1) is 5.82 Å². The Kier molecular flexibility index (Phi) is 4.06. The lowest BCUT2D eigenvalue weighted by Gasteiger charge is -2.30. The van der Waals surface area contributed by atoms with Gasteiger partial charge in [-0.25, -0.2) is 14.4 Å². The molecule has 1 aliphatic carbocycles. The second-order valence-electron chi connectivity index (χ2n) is 7.83. The largest absolute Gasteiger partial charge is 0.393 e. The van der Waals surface area contributed by atoms with E-state index in [9.17, 15) is 5.11 Å². The van der Waals surface area contributed by atoms with E-state index in [1.165, 1.54) is 0 Å². The Labute approximate surface area is 180 Å². The normalized spacial score (nSPS) is 18.5. The van der Waals surface area contributed by atoms with Crippen LogP contribution in [0.25, 0.3) is 38.1 Å². The van der Waals surface area contributed by atoms with E-state index in [2.05, 4.69) is 9.97 Å². The molecule has 1 saturated carbocycles. The highest BCUT2D eigenvalue weighted by Gasteiger charge is 2.33. The number of nitrogens with zero attached hydrogens (tertiary/aromatic N) is 4. The molecule has 4 heterocycles. The van der Waals surface area contributed by atoms with Crippen molar-refractivity contribution in [3.63, 3.8) is 0 Å². The van der Waals surface area contributed by atoms with Crippen LogP contribution in [0.5, 0.6) is 0 Å². The van der Waals surface area contributed by atoms with Crippen LogP contribution in [0.15, 0.2) is 54.3 Å². The Hall–Kier alpha value is -3.36. The molecule has 1 aromatic carbocycles. The van der Waals surface area contributed by atoms with Crippen LogP contribution in [0.2, 0.25) is 0 Å². The zero-order valence-electron chi connectivity index (χ0n) is 16.4. The molecular formula is C23H18FN5OS. The molecule has 0 amide bonds. The van der Waals surface area contributed by atoms with Crippen molar-refractivity contribution >= 4 is 33.6 Å². The minimum Gasteiger partial charge on any atom is -0.393 e. The van der Waals surface area contributed by atoms with E-state index in [0.29, 0.717) is 35.1 Å². The van der Waals surface area contributed by atoms with E-state index in [4.69, 9.17) is 10.7 Å². The van der Waals surface area contributed by atoms with E-state index in [1.807, 2.05) is 34.0 Å². The number of imidazole rings is 1. The second-order valence-corrected chi connectivity index (χ2v) is 8.78. The van der Waals surface area contributed by atoms with Gasteiger partial charge in [-0.2, -0.15) is 0 Å². The third kappa shape index (κ3) is 2.75. The first kappa shape index (κ1) is 18.4. The molecule has 1 aliphatic rings. The number of benzene rings is 1. The maximum Gasteiger partial charge on any atom is 0.158 e. The van der Waals surface area contributed by atoms with Crippen molar-refractivity contribution < 1.29 is 9.50 Å². The number of halogens is 1. The van der Waals surface area contributed by atoms with Gasteiger partial charge in [0.1, 0.15) is 28.4 Å². The zero-order chi connectivity index (χ0) is 21.1. The summed E-state index contributed by atoms with van der Waals surface area (Å²) < 4.78 is 17.7. The molecule has 0 unspecified atom stereocenters. The predicted molar refractivity (Wildman–Crippen MR) is 119 cm³/mol. The fourth-order valence-electron chi connectivity index (χ4n) is 4.38. The molecule has 6 nitrogen and oxygen atoms in total. The summed E-state index contributed by atoms with van der Waals surface area (Å²) >= 11 is 1.61. The Morgan fingerprint density at radius 2 is 1.97 bits per heavy atom. The third-order valence-corrected chi connectivity index (χ3v) is 6.88. The summed E-state index contributed by atoms with van der Waals surface area (Å²) in [5.41, 5.74) is 8.80. The van der Waals surface area contributed by atoms with Crippen LogP contribution < -0.4 is 5.73 Å². The molecule has 0 spiro atoms. The van der Waals surface area contributed by atoms with Gasteiger partial charge < -0.3 is 10.8 Å². The first-order valence-electron chi connectivity index (χ1n) is 10.0. The average molecular weight is 431 g/mol. The minimum absolute atomic E-state index is 0.102. The molecule has 1 fully saturated rings. The molecule has 5 aromatic rings. The topological polar surface area (TPSA) is 89.3 Å². The first-order chi connectivity index (χ1) is 15.1. The lowest BCUT2D eigenvalue weighted by atomic mass is 9.82. The smallest absolute Gasteiger partial charge is 0.158 e. The van der Waals surface area contributed by atoms with Crippen molar-refractivity contribution in [2.24, 2.45) is 0 Å². The summed E-state index contributed by atoms with van der Waals surface area (Å²) in [6.45, 7) is 0. The Bertz CT molecular complexity index is 1440. The SMILES string of the molecule is Nc1nccn2c(C3CC(O)C3)nc(-c3ccc4c(-c5cccs5)ccnc4c3F)c12. The van der Waals surface area contributed by atoms with Crippen LogP contribution in [0.4, 0.5) is 10.2 Å². The Morgan fingerprint density at radius 3 is 2.74 bits per heavy atom. The van der Waals surface area contributed by atoms with Crippen molar-refractivity contribution in [2.45, 2.75) is 24.9 Å². The monoisotopic (exact) mass is 431 g/mol. The average Bonchev–Trinajstić information content (AvgIpc) is 3.41. The van der Waals surface area contributed by atoms with Crippen LogP contribution in [-0.2, 0) is 0 Å². The number of pyridine rings is 1. The number of hydrogen-bond donors (Lipinski definition) is 2. The lowest BCUT2D eigenvalue weighted by molar-refractivity contribution is 0.0715. The number of fused-ring (bicyclic) bond motifs is 2. The molecule has 0 aliphatic heterocycles. The van der Waals surface area contributed by atoms with E-state index < -0.39 is 5.82 Å². The molecule has 8 heteroatoms. The van der Waals surface area contributed by atoms with Crippen LogP contribution in [0.1, 0.15) is 24.6 Å². The van der Waals surface area contributed by atoms with Gasteiger partial charge >= 0.3 is 0 Å². The van der Waals surface area contributed by atoms with Crippen molar-refractivity contribution in [1.29, 1.82) is 0 Å². The molecule has 0 radical (unpaired) electrons. The highest BCUT2D eigenvalue weighted by Crippen LogP contribution is 2.41. The van der Waals surface area contributed by atoms with Crippen LogP contribution in [-0.4, -0.2) is 30.6 Å². The number of aromatic nitrogens is 4. The van der Waals surface area contributed by atoms with E-state index in [-0.39, 0.29) is 17.8 Å². The maximum absolute atomic E-state index is 15.8. The van der Waals surface area contributed by atoms with Crippen molar-refractivity contribution in [3.8, 4) is 21.7 Å². The number of rotatable bonds is 3. The molecule has 6 rings (SSSR count). The lowest BCUT2D eigenvalue weighted by Crippen LogP contribution is -2.27. The van der Waals surface area contributed by atoms with Gasteiger partial charge in [-0.3, -0.25) is 9.38 Å². The minimum atomic E-state index is -0.431. The van der Waals surface area contributed by atoms with E-state index in [1.54, 1.807) is 36.0 Å². The summed E-state index contributed by atoms with van der Waals surface area (Å²) in [4.78, 5) is 14.4. The molecule has 0 bridgehead atoms. The number of aliphatic hydroxyl groups excluding tert-OH is 1. The summed E-state index contributed by atoms with van der Waals surface area (Å²) in [6.07, 6.45) is 5.97. The number of thiophene rings is 1. The van der Waals surface area contributed by atoms with E-state index in [0.717, 1.165) is 21.7 Å². The number of nitrogens with two attached hydrogens (primary N) is 1. The molecule has 0 atom stereocenters. The van der Waals surface area contributed by atoms with Gasteiger partial charge in [0.15, 0.2) is 5.82 Å². The van der Waals surface area contributed by atoms with Gasteiger partial charge in [0.2, 0.25) is 0 Å². The standard InChI is InChI=1S/C23H18FN5OS/c24-18-16(4-3-15-14(5-6-26-19(15)18)17-2-1-9-31-17)20-21-22(25)27-7-8-29(21)23(28-20)12-10-13(30)11-12/h1-9,12-13,30H,10-11H2,(H2,25,27). The highest BCUT2D eigenvalue weighted by atomic mass is 32.1. The molecule has 0 saturated heterocycles. The fourth-order valence-corrected chi connectivity index (χ4v) is 5.14. The number of aliphatic hydroxyl groups is 1. The molecule has 3 N–H and O–H groups in total. The fraction of sp³-hybridized carbons (Fsp3) is 0.174. The zero-order valence-corrected chi connectivity index (χ0v) is 17.2. The Balaban J connectivity index is 1.58. The number of hydrogen-bond acceptors (Lipinski definition) is 6. The van der Waals surface area contributed by atoms with E-state index >= 15 is 4.39 Å². The second kappa shape index (κ2) is 6.83. The van der Waals surface area contributed by atoms with Gasteiger partial charge in [0.05, 0.1) is 6.10 Å². The van der Waals surface area contributed by atoms with Crippen molar-refractivity contribution in [2.75, 3.05) is 5.73 Å². The highest BCUT2D eigenvalue weighted by molar-refractivity contribution is 7.13.